The number of aliphatic carboxylic acids is 1. The van der Waals surface area contributed by atoms with Crippen LogP contribution >= 0.6 is 0 Å². The first-order chi connectivity index (χ1) is 13.8. The first-order valence-electron chi connectivity index (χ1n) is 9.50. The summed E-state index contributed by atoms with van der Waals surface area (Å²) in [7, 11) is 3.93. The molecule has 156 valence electrons. The Labute approximate surface area is 171 Å². The van der Waals surface area contributed by atoms with Crippen LogP contribution in [0, 0.1) is 0 Å². The molecule has 1 fully saturated rings. The number of amides is 1. The van der Waals surface area contributed by atoms with Gasteiger partial charge in [-0.05, 0) is 42.8 Å². The Balaban J connectivity index is 0.000000687. The number of benzene rings is 2. The average molecular weight is 399 g/mol. The van der Waals surface area contributed by atoms with Gasteiger partial charge in [-0.1, -0.05) is 30.3 Å². The van der Waals surface area contributed by atoms with Gasteiger partial charge in [-0.3, -0.25) is 9.59 Å². The largest absolute Gasteiger partial charge is 0.481 e. The summed E-state index contributed by atoms with van der Waals surface area (Å²) in [5.74, 6) is -1.00. The fourth-order valence-corrected chi connectivity index (χ4v) is 3.34. The molecule has 1 aliphatic heterocycles. The van der Waals surface area contributed by atoms with Gasteiger partial charge in [0.15, 0.2) is 0 Å². The standard InChI is InChI=1S/C20H25N3O2.C2H4O2/c1-23(2)17-10-8-15(9-11-17)19(25)22-20(12-13-21-14-18(20)24)16-6-4-3-5-7-16;1-2(3)4/h3-11,18,21,24H,12-14H2,1-2H3,(H,22,25);1H3,(H,3,4)/t18-,20-;/m1./s1. The molecule has 1 saturated heterocycles. The van der Waals surface area contributed by atoms with E-state index < -0.39 is 17.6 Å². The molecule has 2 atom stereocenters. The Morgan fingerprint density at radius 3 is 2.21 bits per heavy atom. The zero-order valence-electron chi connectivity index (χ0n) is 17.1. The normalized spacial score (nSPS) is 20.8. The predicted octanol–water partition coefficient (Wildman–Crippen LogP) is 1.82. The first kappa shape index (κ1) is 22.4. The zero-order chi connectivity index (χ0) is 21.4. The van der Waals surface area contributed by atoms with E-state index in [9.17, 15) is 9.90 Å². The number of carbonyl (C=O) groups is 2. The van der Waals surface area contributed by atoms with Crippen LogP contribution in [0.2, 0.25) is 0 Å². The van der Waals surface area contributed by atoms with Gasteiger partial charge in [0.05, 0.1) is 11.6 Å². The molecule has 0 spiro atoms. The lowest BCUT2D eigenvalue weighted by Gasteiger charge is -2.43. The summed E-state index contributed by atoms with van der Waals surface area (Å²) in [5, 5.41) is 24.4. The second-order valence-corrected chi connectivity index (χ2v) is 7.22. The van der Waals surface area contributed by atoms with Gasteiger partial charge < -0.3 is 25.7 Å². The van der Waals surface area contributed by atoms with Crippen molar-refractivity contribution in [2.45, 2.75) is 25.0 Å². The van der Waals surface area contributed by atoms with Gasteiger partial charge in [-0.25, -0.2) is 0 Å². The molecule has 1 heterocycles. The van der Waals surface area contributed by atoms with Crippen molar-refractivity contribution in [3.63, 3.8) is 0 Å². The highest BCUT2D eigenvalue weighted by Gasteiger charge is 2.42. The van der Waals surface area contributed by atoms with Crippen molar-refractivity contribution in [2.24, 2.45) is 0 Å². The van der Waals surface area contributed by atoms with E-state index in [0.717, 1.165) is 24.7 Å². The van der Waals surface area contributed by atoms with E-state index in [-0.39, 0.29) is 5.91 Å². The number of nitrogens with zero attached hydrogens (tertiary/aromatic N) is 1. The lowest BCUT2D eigenvalue weighted by molar-refractivity contribution is -0.134. The van der Waals surface area contributed by atoms with Gasteiger partial charge in [0.25, 0.3) is 11.9 Å². The van der Waals surface area contributed by atoms with E-state index in [4.69, 9.17) is 9.90 Å². The van der Waals surface area contributed by atoms with E-state index in [2.05, 4.69) is 10.6 Å². The van der Waals surface area contributed by atoms with Crippen LogP contribution < -0.4 is 15.5 Å². The number of anilines is 1. The number of hydrogen-bond acceptors (Lipinski definition) is 5. The van der Waals surface area contributed by atoms with Crippen LogP contribution in [0.25, 0.3) is 0 Å². The lowest BCUT2D eigenvalue weighted by Crippen LogP contribution is -2.61. The van der Waals surface area contributed by atoms with Crippen molar-refractivity contribution >= 4 is 17.6 Å². The van der Waals surface area contributed by atoms with E-state index >= 15 is 0 Å². The third kappa shape index (κ3) is 5.79. The second kappa shape index (κ2) is 10.0. The molecule has 2 aromatic rings. The Kier molecular flexibility index (Phi) is 7.75. The van der Waals surface area contributed by atoms with Gasteiger partial charge in [0.2, 0.25) is 0 Å². The highest BCUT2D eigenvalue weighted by Crippen LogP contribution is 2.31. The predicted molar refractivity (Wildman–Crippen MR) is 113 cm³/mol. The summed E-state index contributed by atoms with van der Waals surface area (Å²) in [6.45, 7) is 2.28. The topological polar surface area (TPSA) is 102 Å². The van der Waals surface area contributed by atoms with Crippen LogP contribution in [0.15, 0.2) is 54.6 Å². The van der Waals surface area contributed by atoms with Gasteiger partial charge in [-0.15, -0.1) is 0 Å². The molecule has 0 saturated carbocycles. The number of rotatable bonds is 4. The third-order valence-electron chi connectivity index (χ3n) is 4.87. The molecule has 0 aliphatic carbocycles. The van der Waals surface area contributed by atoms with Gasteiger partial charge >= 0.3 is 0 Å². The summed E-state index contributed by atoms with van der Waals surface area (Å²) in [5.41, 5.74) is 1.79. The van der Waals surface area contributed by atoms with Gasteiger partial charge in [-0.2, -0.15) is 0 Å². The number of aliphatic hydroxyl groups excluding tert-OH is 1. The summed E-state index contributed by atoms with van der Waals surface area (Å²) < 4.78 is 0. The number of β-amino-alcohol motifs (C(OH)–C–C–N with tert-alkyl or cyclic N) is 1. The minimum absolute atomic E-state index is 0.171. The first-order valence-corrected chi connectivity index (χ1v) is 9.50. The Morgan fingerprint density at radius 1 is 1.10 bits per heavy atom. The Bertz CT molecular complexity index is 805. The molecule has 3 rings (SSSR count). The maximum absolute atomic E-state index is 12.9. The van der Waals surface area contributed by atoms with Crippen LogP contribution in [0.1, 0.15) is 29.3 Å². The molecular formula is C22H29N3O4. The molecular weight excluding hydrogens is 370 g/mol. The summed E-state index contributed by atoms with van der Waals surface area (Å²) in [4.78, 5) is 23.9. The summed E-state index contributed by atoms with van der Waals surface area (Å²) in [6, 6.07) is 17.2. The average Bonchev–Trinajstić information content (AvgIpc) is 2.70. The molecule has 1 amide bonds. The highest BCUT2D eigenvalue weighted by molar-refractivity contribution is 5.95. The fourth-order valence-electron chi connectivity index (χ4n) is 3.34. The smallest absolute Gasteiger partial charge is 0.300 e. The van der Waals surface area contributed by atoms with Crippen molar-refractivity contribution < 1.29 is 19.8 Å². The number of aliphatic hydroxyl groups is 1. The molecule has 29 heavy (non-hydrogen) atoms. The molecule has 0 bridgehead atoms. The number of carboxylic acids is 1. The van der Waals surface area contributed by atoms with Crippen molar-refractivity contribution in [3.8, 4) is 0 Å². The van der Waals surface area contributed by atoms with Gasteiger partial charge in [0, 0.05) is 38.8 Å². The van der Waals surface area contributed by atoms with Crippen molar-refractivity contribution in [1.29, 1.82) is 0 Å². The van der Waals surface area contributed by atoms with Crippen LogP contribution in [0.4, 0.5) is 5.69 Å². The number of nitrogens with one attached hydrogen (secondary N) is 2. The molecule has 0 aromatic heterocycles. The minimum Gasteiger partial charge on any atom is -0.481 e. The monoisotopic (exact) mass is 399 g/mol. The molecule has 4 N–H and O–H groups in total. The number of carboxylic acid groups (broad SMARTS) is 1. The molecule has 1 aliphatic rings. The maximum atomic E-state index is 12.9. The highest BCUT2D eigenvalue weighted by atomic mass is 16.4. The lowest BCUT2D eigenvalue weighted by atomic mass is 9.79. The van der Waals surface area contributed by atoms with Crippen molar-refractivity contribution in [2.75, 3.05) is 32.1 Å². The van der Waals surface area contributed by atoms with Crippen LogP contribution in [0.3, 0.4) is 0 Å². The Morgan fingerprint density at radius 2 is 1.69 bits per heavy atom. The van der Waals surface area contributed by atoms with Crippen LogP contribution in [-0.4, -0.2) is 55.4 Å². The van der Waals surface area contributed by atoms with E-state index in [1.54, 1.807) is 0 Å². The van der Waals surface area contributed by atoms with E-state index in [1.807, 2.05) is 73.6 Å². The van der Waals surface area contributed by atoms with Crippen molar-refractivity contribution in [1.82, 2.24) is 10.6 Å². The van der Waals surface area contributed by atoms with Gasteiger partial charge in [0.1, 0.15) is 0 Å². The number of carbonyl (C=O) groups excluding carboxylic acids is 1. The summed E-state index contributed by atoms with van der Waals surface area (Å²) in [6.07, 6.45) is -0.0478. The molecule has 7 heteroatoms. The fraction of sp³-hybridized carbons (Fsp3) is 0.364. The van der Waals surface area contributed by atoms with E-state index in [0.29, 0.717) is 18.5 Å². The third-order valence-corrected chi connectivity index (χ3v) is 4.87. The molecule has 2 aromatic carbocycles. The maximum Gasteiger partial charge on any atom is 0.300 e. The molecule has 0 unspecified atom stereocenters. The van der Waals surface area contributed by atoms with Crippen LogP contribution in [-0.2, 0) is 10.3 Å². The quantitative estimate of drug-likeness (QED) is 0.626. The Hall–Kier alpha value is -2.90. The molecule has 0 radical (unpaired) electrons. The number of piperidine rings is 1. The SMILES string of the molecule is CC(=O)O.CN(C)c1ccc(C(=O)N[C@@]2(c3ccccc3)CCNC[C@H]2O)cc1. The zero-order valence-corrected chi connectivity index (χ0v) is 17.1. The van der Waals surface area contributed by atoms with Crippen molar-refractivity contribution in [3.05, 3.63) is 65.7 Å². The number of hydrogen-bond donors (Lipinski definition) is 4. The summed E-state index contributed by atoms with van der Waals surface area (Å²) >= 11 is 0. The second-order valence-electron chi connectivity index (χ2n) is 7.22. The van der Waals surface area contributed by atoms with Crippen LogP contribution in [0.5, 0.6) is 0 Å². The van der Waals surface area contributed by atoms with E-state index in [1.165, 1.54) is 0 Å². The minimum atomic E-state index is -0.833. The molecule has 7 nitrogen and oxygen atoms in total.